The number of rotatable bonds is 1. The first kappa shape index (κ1) is 14.3. The van der Waals surface area contributed by atoms with E-state index in [4.69, 9.17) is 18.6 Å². The average Bonchev–Trinajstić information content (AvgIpc) is 2.45. The van der Waals surface area contributed by atoms with Crippen LogP contribution in [0.25, 0.3) is 0 Å². The minimum absolute atomic E-state index is 0.380. The molecule has 2 saturated heterocycles. The highest BCUT2D eigenvalue weighted by Crippen LogP contribution is 2.42. The quantitative estimate of drug-likeness (QED) is 0.529. The Morgan fingerprint density at radius 3 is 1.28 bits per heavy atom. The molecule has 0 saturated carbocycles. The lowest BCUT2D eigenvalue weighted by Gasteiger charge is -2.32. The van der Waals surface area contributed by atoms with Gasteiger partial charge in [-0.2, -0.15) is 0 Å². The first-order chi connectivity index (χ1) is 7.88. The zero-order valence-corrected chi connectivity index (χ0v) is 12.5. The molecule has 0 radical (unpaired) electrons. The smallest absolute Gasteiger partial charge is 0.405 e. The van der Waals surface area contributed by atoms with Crippen molar-refractivity contribution in [1.29, 1.82) is 0 Å². The summed E-state index contributed by atoms with van der Waals surface area (Å²) in [5, 5.41) is 0. The standard InChI is InChI=1S/C12H23B2O4/c1-9(2)10(3,4)16-13(15-9)14-17-11(5,6)12(7,8)18-14/h1H2,2-8H3/q+1. The lowest BCUT2D eigenvalue weighted by molar-refractivity contribution is 0.00578. The highest BCUT2D eigenvalue weighted by Gasteiger charge is 2.66. The van der Waals surface area contributed by atoms with E-state index in [1.807, 2.05) is 48.5 Å². The Labute approximate surface area is 111 Å². The fourth-order valence-electron chi connectivity index (χ4n) is 1.95. The minimum Gasteiger partial charge on any atom is -0.405 e. The second-order valence-electron chi connectivity index (χ2n) is 6.97. The maximum Gasteiger partial charge on any atom is 0.492 e. The number of hydrogen-bond acceptors (Lipinski definition) is 4. The van der Waals surface area contributed by atoms with E-state index in [-0.39, 0.29) is 11.2 Å². The third kappa shape index (κ3) is 1.99. The fraction of sp³-hybridized carbons (Fsp3) is 0.917. The molecule has 2 rings (SSSR count). The van der Waals surface area contributed by atoms with Gasteiger partial charge >= 0.3 is 14.0 Å². The van der Waals surface area contributed by atoms with Gasteiger partial charge in [0.25, 0.3) is 0 Å². The monoisotopic (exact) mass is 253 g/mol. The van der Waals surface area contributed by atoms with Crippen molar-refractivity contribution in [2.45, 2.75) is 70.9 Å². The molecule has 0 N–H and O–H groups in total. The van der Waals surface area contributed by atoms with Crippen molar-refractivity contribution >= 4 is 14.0 Å². The molecule has 2 aliphatic heterocycles. The van der Waals surface area contributed by atoms with Crippen LogP contribution in [0.5, 0.6) is 0 Å². The van der Waals surface area contributed by atoms with Crippen molar-refractivity contribution in [2.75, 3.05) is 0 Å². The molecule has 0 aromatic carbocycles. The summed E-state index contributed by atoms with van der Waals surface area (Å²) in [6.45, 7) is 17.9. The van der Waals surface area contributed by atoms with E-state index in [0.717, 1.165) is 0 Å². The van der Waals surface area contributed by atoms with Crippen molar-refractivity contribution in [3.05, 3.63) is 6.92 Å². The largest absolute Gasteiger partial charge is 0.492 e. The van der Waals surface area contributed by atoms with E-state index in [1.54, 1.807) is 0 Å². The first-order valence-corrected chi connectivity index (χ1v) is 6.45. The first-order valence-electron chi connectivity index (χ1n) is 6.45. The SMILES string of the molecule is [CH2+]C1(C)OB(B2OC(C)(C)C(C)(C)O2)OC1(C)C. The topological polar surface area (TPSA) is 36.9 Å². The van der Waals surface area contributed by atoms with E-state index < -0.39 is 25.2 Å². The summed E-state index contributed by atoms with van der Waals surface area (Å²) >= 11 is 0. The Hall–Kier alpha value is -0.160. The minimum atomic E-state index is -0.610. The van der Waals surface area contributed by atoms with Gasteiger partial charge in [-0.3, -0.25) is 0 Å². The van der Waals surface area contributed by atoms with Gasteiger partial charge in [-0.05, 0) is 41.5 Å². The molecule has 1 unspecified atom stereocenters. The highest BCUT2D eigenvalue weighted by atomic mass is 16.7. The van der Waals surface area contributed by atoms with Gasteiger partial charge in [0.1, 0.15) is 5.60 Å². The van der Waals surface area contributed by atoms with Crippen LogP contribution in [0.1, 0.15) is 48.5 Å². The van der Waals surface area contributed by atoms with Gasteiger partial charge in [-0.1, -0.05) is 0 Å². The maximum absolute atomic E-state index is 5.93. The molecule has 100 valence electrons. The molecule has 0 aliphatic carbocycles. The summed E-state index contributed by atoms with van der Waals surface area (Å²) in [5.74, 6) is 0. The van der Waals surface area contributed by atoms with Crippen LogP contribution in [0, 0.1) is 6.92 Å². The maximum atomic E-state index is 5.93. The van der Waals surface area contributed by atoms with Crippen LogP contribution >= 0.6 is 0 Å². The van der Waals surface area contributed by atoms with E-state index in [0.29, 0.717) is 0 Å². The predicted octanol–water partition coefficient (Wildman–Crippen LogP) is 2.06. The van der Waals surface area contributed by atoms with Gasteiger partial charge in [0.2, 0.25) is 5.60 Å². The van der Waals surface area contributed by atoms with Gasteiger partial charge in [-0.15, -0.1) is 0 Å². The van der Waals surface area contributed by atoms with E-state index in [9.17, 15) is 0 Å². The summed E-state index contributed by atoms with van der Waals surface area (Å²) in [6, 6.07) is 0. The molecule has 2 aliphatic rings. The van der Waals surface area contributed by atoms with Crippen LogP contribution < -0.4 is 0 Å². The molecular formula is C12H23B2O4+. The Bertz CT molecular complexity index is 286. The number of hydrogen-bond donors (Lipinski definition) is 0. The normalized spacial score (nSPS) is 37.3. The van der Waals surface area contributed by atoms with Gasteiger partial charge in [0.05, 0.1) is 18.1 Å². The Morgan fingerprint density at radius 1 is 0.611 bits per heavy atom. The highest BCUT2D eigenvalue weighted by molar-refractivity contribution is 7.11. The molecule has 1 atom stereocenters. The van der Waals surface area contributed by atoms with Crippen molar-refractivity contribution in [2.24, 2.45) is 0 Å². The zero-order valence-electron chi connectivity index (χ0n) is 12.5. The fourth-order valence-corrected chi connectivity index (χ4v) is 1.95. The summed E-state index contributed by atoms with van der Waals surface area (Å²) in [4.78, 5) is 0. The second kappa shape index (κ2) is 3.69. The summed E-state index contributed by atoms with van der Waals surface area (Å²) < 4.78 is 23.6. The van der Waals surface area contributed by atoms with E-state index >= 15 is 0 Å². The average molecular weight is 253 g/mol. The second-order valence-corrected chi connectivity index (χ2v) is 6.97. The summed E-state index contributed by atoms with van der Waals surface area (Å²) in [7, 11) is -1.05. The van der Waals surface area contributed by atoms with Crippen molar-refractivity contribution in [3.63, 3.8) is 0 Å². The van der Waals surface area contributed by atoms with Crippen molar-refractivity contribution in [1.82, 2.24) is 0 Å². The Balaban J connectivity index is 2.14. The summed E-state index contributed by atoms with van der Waals surface area (Å²) in [5.41, 5.74) is -1.84. The molecule has 0 spiro atoms. The van der Waals surface area contributed by atoms with Crippen LogP contribution in [0.2, 0.25) is 0 Å². The molecular weight excluding hydrogens is 230 g/mol. The molecule has 2 heterocycles. The van der Waals surface area contributed by atoms with E-state index in [1.165, 1.54) is 0 Å². The van der Waals surface area contributed by atoms with Crippen LogP contribution in [0.3, 0.4) is 0 Å². The van der Waals surface area contributed by atoms with Crippen molar-refractivity contribution in [3.8, 4) is 0 Å². The Morgan fingerprint density at radius 2 is 0.944 bits per heavy atom. The van der Waals surface area contributed by atoms with Gasteiger partial charge in [0.15, 0.2) is 0 Å². The molecule has 2 fully saturated rings. The lowest BCUT2D eigenvalue weighted by Crippen LogP contribution is -2.42. The van der Waals surface area contributed by atoms with Crippen LogP contribution in [0.4, 0.5) is 0 Å². The third-order valence-corrected chi connectivity index (χ3v) is 4.55. The van der Waals surface area contributed by atoms with Crippen LogP contribution in [-0.2, 0) is 18.6 Å². The van der Waals surface area contributed by atoms with Crippen molar-refractivity contribution < 1.29 is 18.6 Å². The molecule has 4 nitrogen and oxygen atoms in total. The molecule has 0 amide bonds. The molecule has 18 heavy (non-hydrogen) atoms. The molecule has 0 aromatic rings. The van der Waals surface area contributed by atoms with E-state index in [2.05, 4.69) is 6.92 Å². The van der Waals surface area contributed by atoms with Crippen LogP contribution in [-0.4, -0.2) is 36.4 Å². The van der Waals surface area contributed by atoms with Gasteiger partial charge < -0.3 is 18.6 Å². The third-order valence-electron chi connectivity index (χ3n) is 4.55. The summed E-state index contributed by atoms with van der Waals surface area (Å²) in [6.07, 6.45) is 0. The zero-order chi connectivity index (χ0) is 14.0. The Kier molecular flexibility index (Phi) is 2.92. The van der Waals surface area contributed by atoms with Gasteiger partial charge in [-0.25, -0.2) is 0 Å². The molecule has 6 heteroatoms. The van der Waals surface area contributed by atoms with Gasteiger partial charge in [0, 0.05) is 6.92 Å². The van der Waals surface area contributed by atoms with Crippen LogP contribution in [0.15, 0.2) is 0 Å². The predicted molar refractivity (Wildman–Crippen MR) is 71.8 cm³/mol. The lowest BCUT2D eigenvalue weighted by atomic mass is 9.49. The molecule has 0 aromatic heterocycles. The molecule has 0 bridgehead atoms.